The van der Waals surface area contributed by atoms with Crippen molar-refractivity contribution >= 4 is 17.4 Å². The van der Waals surface area contributed by atoms with Gasteiger partial charge in [0.2, 0.25) is 0 Å². The number of hydrogen-bond acceptors (Lipinski definition) is 3. The molecule has 2 N–H and O–H groups in total. The van der Waals surface area contributed by atoms with Crippen LogP contribution in [-0.4, -0.2) is 22.9 Å². The van der Waals surface area contributed by atoms with Crippen molar-refractivity contribution in [1.29, 1.82) is 0 Å². The Morgan fingerprint density at radius 3 is 2.59 bits per heavy atom. The molecule has 0 saturated carbocycles. The van der Waals surface area contributed by atoms with E-state index < -0.39 is 5.97 Å². The van der Waals surface area contributed by atoms with Gasteiger partial charge in [0.25, 0.3) is 0 Å². The maximum atomic E-state index is 11.5. The number of nitrogens with one attached hydrogen (secondary N) is 1. The molecule has 1 aromatic carbocycles. The number of allylic oxidation sites excluding steroid dienone is 1. The van der Waals surface area contributed by atoms with Crippen molar-refractivity contribution in [1.82, 2.24) is 0 Å². The predicted octanol–water partition coefficient (Wildman–Crippen LogP) is 2.08. The lowest BCUT2D eigenvalue weighted by molar-refractivity contribution is -0.115. The molecule has 0 spiro atoms. The molecule has 0 aromatic heterocycles. The summed E-state index contributed by atoms with van der Waals surface area (Å²) in [7, 11) is 0. The van der Waals surface area contributed by atoms with Gasteiger partial charge in [0.15, 0.2) is 5.78 Å². The smallest absolute Gasteiger partial charge is 0.335 e. The second-order valence-electron chi connectivity index (χ2n) is 3.96. The molecule has 1 aliphatic rings. The first-order valence-electron chi connectivity index (χ1n) is 5.47. The van der Waals surface area contributed by atoms with Gasteiger partial charge in [-0.2, -0.15) is 0 Å². The van der Waals surface area contributed by atoms with Crippen LogP contribution in [0.25, 0.3) is 0 Å². The highest BCUT2D eigenvalue weighted by Gasteiger charge is 2.17. The Bertz CT molecular complexity index is 462. The number of ketones is 1. The lowest BCUT2D eigenvalue weighted by Gasteiger charge is -2.19. The maximum Gasteiger partial charge on any atom is 0.335 e. The van der Waals surface area contributed by atoms with Crippen LogP contribution in [0.4, 0.5) is 5.69 Å². The van der Waals surface area contributed by atoms with Crippen molar-refractivity contribution in [2.24, 2.45) is 0 Å². The van der Waals surface area contributed by atoms with Gasteiger partial charge in [0.05, 0.1) is 11.6 Å². The number of carboxylic acids is 1. The zero-order chi connectivity index (χ0) is 12.3. The Morgan fingerprint density at radius 1 is 1.29 bits per heavy atom. The van der Waals surface area contributed by atoms with Gasteiger partial charge in [0.1, 0.15) is 0 Å². The van der Waals surface area contributed by atoms with E-state index in [-0.39, 0.29) is 17.4 Å². The number of hydrogen-bond donors (Lipinski definition) is 2. The summed E-state index contributed by atoms with van der Waals surface area (Å²) in [6, 6.07) is 6.20. The van der Waals surface area contributed by atoms with E-state index in [1.807, 2.05) is 6.08 Å². The molecular weight excluding hydrogens is 218 g/mol. The summed E-state index contributed by atoms with van der Waals surface area (Å²) in [6.07, 6.45) is 5.12. The number of rotatable bonds is 3. The number of aromatic carboxylic acids is 1. The lowest BCUT2D eigenvalue weighted by atomic mass is 10.0. The zero-order valence-electron chi connectivity index (χ0n) is 9.22. The Kier molecular flexibility index (Phi) is 3.23. The van der Waals surface area contributed by atoms with Gasteiger partial charge in [-0.1, -0.05) is 6.08 Å². The molecule has 0 aliphatic heterocycles. The van der Waals surface area contributed by atoms with Gasteiger partial charge >= 0.3 is 5.97 Å². The van der Waals surface area contributed by atoms with E-state index in [0.717, 1.165) is 18.5 Å². The van der Waals surface area contributed by atoms with Crippen molar-refractivity contribution in [2.75, 3.05) is 5.32 Å². The number of anilines is 1. The molecule has 4 heteroatoms. The first kappa shape index (κ1) is 11.4. The number of carbonyl (C=O) groups is 2. The average Bonchev–Trinajstić information content (AvgIpc) is 2.33. The van der Waals surface area contributed by atoms with E-state index in [9.17, 15) is 9.59 Å². The Morgan fingerprint density at radius 2 is 2.00 bits per heavy atom. The van der Waals surface area contributed by atoms with Gasteiger partial charge in [-0.25, -0.2) is 4.79 Å². The van der Waals surface area contributed by atoms with Crippen molar-refractivity contribution < 1.29 is 14.7 Å². The fraction of sp³-hybridized carbons (Fsp3) is 0.231. The lowest BCUT2D eigenvalue weighted by Crippen LogP contribution is -2.29. The van der Waals surface area contributed by atoms with Gasteiger partial charge < -0.3 is 10.4 Å². The molecule has 2 rings (SSSR count). The summed E-state index contributed by atoms with van der Waals surface area (Å²) in [5.74, 6) is -0.883. The molecule has 1 aromatic rings. The maximum absolute atomic E-state index is 11.5. The molecule has 0 radical (unpaired) electrons. The van der Waals surface area contributed by atoms with E-state index in [0.29, 0.717) is 0 Å². The third-order valence-corrected chi connectivity index (χ3v) is 2.72. The largest absolute Gasteiger partial charge is 0.478 e. The standard InChI is InChI=1S/C13H13NO3/c15-12-4-2-1-3-11(12)14-10-7-5-9(6-8-10)13(16)17/h2,4-8,11,14H,1,3H2,(H,16,17). The van der Waals surface area contributed by atoms with Crippen LogP contribution >= 0.6 is 0 Å². The molecule has 17 heavy (non-hydrogen) atoms. The molecule has 1 aliphatic carbocycles. The first-order valence-corrected chi connectivity index (χ1v) is 5.47. The van der Waals surface area contributed by atoms with Crippen LogP contribution in [0, 0.1) is 0 Å². The molecule has 0 amide bonds. The first-order chi connectivity index (χ1) is 8.16. The second-order valence-corrected chi connectivity index (χ2v) is 3.96. The van der Waals surface area contributed by atoms with E-state index in [1.54, 1.807) is 18.2 Å². The van der Waals surface area contributed by atoms with Crippen molar-refractivity contribution in [3.8, 4) is 0 Å². The molecule has 88 valence electrons. The number of carboxylic acid groups (broad SMARTS) is 1. The fourth-order valence-electron chi connectivity index (χ4n) is 1.77. The quantitative estimate of drug-likeness (QED) is 0.835. The van der Waals surface area contributed by atoms with Crippen LogP contribution < -0.4 is 5.32 Å². The Hall–Kier alpha value is -2.10. The van der Waals surface area contributed by atoms with Crippen LogP contribution in [0.2, 0.25) is 0 Å². The van der Waals surface area contributed by atoms with Gasteiger partial charge in [-0.05, 0) is 43.2 Å². The third kappa shape index (κ3) is 2.72. The fourth-order valence-corrected chi connectivity index (χ4v) is 1.77. The van der Waals surface area contributed by atoms with E-state index in [1.165, 1.54) is 12.1 Å². The zero-order valence-corrected chi connectivity index (χ0v) is 9.22. The summed E-state index contributed by atoms with van der Waals surface area (Å²) in [4.78, 5) is 22.2. The summed E-state index contributed by atoms with van der Waals surface area (Å²) < 4.78 is 0. The second kappa shape index (κ2) is 4.82. The minimum atomic E-state index is -0.951. The molecular formula is C13H13NO3. The van der Waals surface area contributed by atoms with Crippen molar-refractivity contribution in [3.63, 3.8) is 0 Å². The van der Waals surface area contributed by atoms with Gasteiger partial charge in [-0.15, -0.1) is 0 Å². The topological polar surface area (TPSA) is 66.4 Å². The SMILES string of the molecule is O=C(O)c1ccc(NC2CCC=CC2=O)cc1. The highest BCUT2D eigenvalue weighted by atomic mass is 16.4. The minimum Gasteiger partial charge on any atom is -0.478 e. The molecule has 0 heterocycles. The molecule has 0 bridgehead atoms. The van der Waals surface area contributed by atoms with Gasteiger partial charge in [0, 0.05) is 5.69 Å². The Labute approximate surface area is 99.0 Å². The van der Waals surface area contributed by atoms with Crippen molar-refractivity contribution in [2.45, 2.75) is 18.9 Å². The minimum absolute atomic E-state index is 0.0681. The summed E-state index contributed by atoms with van der Waals surface area (Å²) in [5.41, 5.74) is 1.01. The van der Waals surface area contributed by atoms with Crippen molar-refractivity contribution in [3.05, 3.63) is 42.0 Å². The number of carbonyl (C=O) groups excluding carboxylic acids is 1. The normalized spacial score (nSPS) is 19.1. The summed E-state index contributed by atoms with van der Waals surface area (Å²) in [6.45, 7) is 0. The average molecular weight is 231 g/mol. The predicted molar refractivity (Wildman–Crippen MR) is 64.2 cm³/mol. The number of benzene rings is 1. The molecule has 4 nitrogen and oxygen atoms in total. The third-order valence-electron chi connectivity index (χ3n) is 2.72. The summed E-state index contributed by atoms with van der Waals surface area (Å²) in [5, 5.41) is 11.9. The van der Waals surface area contributed by atoms with Crippen LogP contribution in [0.1, 0.15) is 23.2 Å². The Balaban J connectivity index is 2.06. The van der Waals surface area contributed by atoms with Crippen LogP contribution in [-0.2, 0) is 4.79 Å². The molecule has 0 saturated heterocycles. The molecule has 0 fully saturated rings. The molecule has 1 unspecified atom stereocenters. The monoisotopic (exact) mass is 231 g/mol. The van der Waals surface area contributed by atoms with E-state index in [4.69, 9.17) is 5.11 Å². The van der Waals surface area contributed by atoms with Crippen LogP contribution in [0.15, 0.2) is 36.4 Å². The van der Waals surface area contributed by atoms with Gasteiger partial charge in [-0.3, -0.25) is 4.79 Å². The highest BCUT2D eigenvalue weighted by molar-refractivity contribution is 5.97. The summed E-state index contributed by atoms with van der Waals surface area (Å²) >= 11 is 0. The van der Waals surface area contributed by atoms with Crippen LogP contribution in [0.3, 0.4) is 0 Å². The van der Waals surface area contributed by atoms with Crippen LogP contribution in [0.5, 0.6) is 0 Å². The van der Waals surface area contributed by atoms with E-state index >= 15 is 0 Å². The van der Waals surface area contributed by atoms with E-state index in [2.05, 4.69) is 5.32 Å². The molecule has 1 atom stereocenters. The highest BCUT2D eigenvalue weighted by Crippen LogP contribution is 2.16.